The third kappa shape index (κ3) is 23.3. The number of halogens is 2. The minimum Gasteiger partial charge on any atom is -0.468 e. The zero-order valence-corrected chi connectivity index (χ0v) is 49.5. The van der Waals surface area contributed by atoms with Crippen LogP contribution in [0.15, 0.2) is 60.8 Å². The number of aliphatic hydroxyl groups excluding tert-OH is 1. The minimum atomic E-state index is -1.63. The van der Waals surface area contributed by atoms with E-state index >= 15 is 4.39 Å². The number of rotatable bonds is 30. The van der Waals surface area contributed by atoms with Crippen LogP contribution in [0.2, 0.25) is 51.4 Å². The van der Waals surface area contributed by atoms with E-state index in [-0.39, 0.29) is 57.1 Å². The van der Waals surface area contributed by atoms with Crippen LogP contribution in [0.5, 0.6) is 0 Å². The largest absolute Gasteiger partial charge is 0.468 e. The number of alkyl carbamates (subject to hydrolysis) is 2. The fraction of sp³-hybridized carbons (Fsp3) is 0.547. The maximum Gasteiger partial charge on any atom is 0.407 e. The highest BCUT2D eigenvalue weighted by Crippen LogP contribution is 2.41. The van der Waals surface area contributed by atoms with E-state index in [1.54, 1.807) is 12.3 Å². The lowest BCUT2D eigenvalue weighted by molar-refractivity contribution is -0.143. The Morgan fingerprint density at radius 3 is 1.91 bits per heavy atom. The molecule has 0 fully saturated rings. The predicted molar refractivity (Wildman–Crippen MR) is 298 cm³/mol. The van der Waals surface area contributed by atoms with Crippen LogP contribution in [-0.4, -0.2) is 162 Å². The number of carbonyl (C=O) groups excluding carboxylic acids is 8. The van der Waals surface area contributed by atoms with Crippen LogP contribution < -0.4 is 26.6 Å². The molecule has 4 unspecified atom stereocenters. The van der Waals surface area contributed by atoms with E-state index in [0.717, 1.165) is 49.7 Å². The van der Waals surface area contributed by atoms with E-state index in [0.29, 0.717) is 23.3 Å². The van der Waals surface area contributed by atoms with Crippen molar-refractivity contribution in [2.24, 2.45) is 5.41 Å². The predicted octanol–water partition coefficient (Wildman–Crippen LogP) is 5.83. The van der Waals surface area contributed by atoms with Gasteiger partial charge in [0.05, 0.1) is 40.0 Å². The number of amides is 6. The van der Waals surface area contributed by atoms with Crippen LogP contribution in [-0.2, 0) is 54.3 Å². The molecule has 0 saturated carbocycles. The first-order valence-corrected chi connectivity index (χ1v) is 34.1. The molecule has 432 valence electrons. The Morgan fingerprint density at radius 1 is 0.756 bits per heavy atom. The quantitative estimate of drug-likeness (QED) is 0.0199. The number of hydrogen-bond acceptors (Lipinski definition) is 14. The van der Waals surface area contributed by atoms with Crippen LogP contribution in [0.25, 0.3) is 11.1 Å². The zero-order valence-electron chi connectivity index (χ0n) is 46.7. The number of nitrogens with one attached hydrogen (secondary N) is 5. The number of ether oxygens (including phenoxy) is 4. The summed E-state index contributed by atoms with van der Waals surface area (Å²) in [7, 11) is -0.897. The topological polar surface area (TPSA) is 262 Å². The number of carbonyl (C=O) groups is 8. The smallest absolute Gasteiger partial charge is 0.407 e. The maximum absolute atomic E-state index is 15.3. The molecule has 20 nitrogen and oxygen atoms in total. The van der Waals surface area contributed by atoms with E-state index < -0.39 is 124 Å². The number of nitrogens with zero attached hydrogens (tertiary/aromatic N) is 2. The number of aromatic nitrogens is 1. The second kappa shape index (κ2) is 31.3. The number of benzene rings is 2. The van der Waals surface area contributed by atoms with Crippen molar-refractivity contribution in [2.45, 2.75) is 115 Å². The fourth-order valence-electron chi connectivity index (χ4n) is 7.76. The van der Waals surface area contributed by atoms with Crippen LogP contribution in [0.1, 0.15) is 50.9 Å². The number of methoxy groups -OCH3 is 2. The molecule has 6 amide bonds. The Labute approximate surface area is 462 Å². The molecule has 2 aromatic carbocycles. The van der Waals surface area contributed by atoms with Gasteiger partial charge in [-0.15, -0.1) is 11.8 Å². The summed E-state index contributed by atoms with van der Waals surface area (Å²) in [6.07, 6.45) is -0.710. The SMILES string of the molecule is COC(=O)C(CSC(CC(=O)NCC(=O)NCCNC(=O)C(CCN(C(=O)CO)C(c1cc(-c2cc(F)ccc2F)cn1Cc1ccccc1)C(C)(C)C)NC(=O)OCC[Si](C)(C)C)C(=O)OC)NC(=O)OCC[Si](C)(C)C. The molecule has 0 saturated heterocycles. The maximum atomic E-state index is 15.3. The van der Waals surface area contributed by atoms with Crippen molar-refractivity contribution in [3.63, 3.8) is 0 Å². The van der Waals surface area contributed by atoms with Gasteiger partial charge in [0.2, 0.25) is 23.6 Å². The molecule has 0 aliphatic carbocycles. The van der Waals surface area contributed by atoms with Gasteiger partial charge < -0.3 is 60.1 Å². The van der Waals surface area contributed by atoms with Crippen molar-refractivity contribution in [3.05, 3.63) is 83.7 Å². The molecule has 78 heavy (non-hydrogen) atoms. The molecule has 0 spiro atoms. The average Bonchev–Trinajstić information content (AvgIpc) is 3.79. The molecule has 6 N–H and O–H groups in total. The Balaban J connectivity index is 1.75. The van der Waals surface area contributed by atoms with E-state index in [9.17, 15) is 47.9 Å². The summed E-state index contributed by atoms with van der Waals surface area (Å²) in [6, 6.07) is 12.1. The molecule has 3 aromatic rings. The molecule has 1 heterocycles. The summed E-state index contributed by atoms with van der Waals surface area (Å²) in [5.74, 6) is -5.88. The third-order valence-corrected chi connectivity index (χ3v) is 16.6. The number of thioether (sulfide) groups is 1. The lowest BCUT2D eigenvalue weighted by Gasteiger charge is -2.41. The summed E-state index contributed by atoms with van der Waals surface area (Å²) in [4.78, 5) is 106. The average molecular weight is 1150 g/mol. The van der Waals surface area contributed by atoms with Crippen LogP contribution in [0.3, 0.4) is 0 Å². The van der Waals surface area contributed by atoms with Gasteiger partial charge in [0.25, 0.3) is 0 Å². The molecule has 0 bridgehead atoms. The number of aliphatic hydroxyl groups is 1. The van der Waals surface area contributed by atoms with Crippen LogP contribution in [0, 0.1) is 17.0 Å². The summed E-state index contributed by atoms with van der Waals surface area (Å²) >= 11 is 0.852. The molecule has 4 atom stereocenters. The second-order valence-electron chi connectivity index (χ2n) is 22.0. The number of esters is 2. The lowest BCUT2D eigenvalue weighted by atomic mass is 9.82. The highest BCUT2D eigenvalue weighted by atomic mass is 32.2. The Bertz CT molecular complexity index is 2500. The molecule has 3 rings (SSSR count). The van der Waals surface area contributed by atoms with Crippen molar-refractivity contribution >= 4 is 75.7 Å². The molecule has 25 heteroatoms. The van der Waals surface area contributed by atoms with Gasteiger partial charge in [0, 0.05) is 77.5 Å². The van der Waals surface area contributed by atoms with E-state index in [1.807, 2.05) is 55.7 Å². The van der Waals surface area contributed by atoms with Crippen molar-refractivity contribution in [1.82, 2.24) is 36.1 Å². The van der Waals surface area contributed by atoms with Gasteiger partial charge in [-0.25, -0.2) is 23.2 Å². The first kappa shape index (κ1) is 66.0. The summed E-state index contributed by atoms with van der Waals surface area (Å²) in [5.41, 5.74) is 0.940. The molecular formula is C53H79F2N7O13SSi2. The van der Waals surface area contributed by atoms with Crippen molar-refractivity contribution in [2.75, 3.05) is 66.0 Å². The van der Waals surface area contributed by atoms with Crippen molar-refractivity contribution < 1.29 is 71.2 Å². The van der Waals surface area contributed by atoms with E-state index in [1.165, 1.54) is 4.90 Å². The lowest BCUT2D eigenvalue weighted by Crippen LogP contribution is -2.51. The Hall–Kier alpha value is -6.32. The zero-order chi connectivity index (χ0) is 58.4. The first-order valence-electron chi connectivity index (χ1n) is 25.6. The van der Waals surface area contributed by atoms with Crippen molar-refractivity contribution in [3.8, 4) is 11.1 Å². The normalized spacial score (nSPS) is 13.2. The van der Waals surface area contributed by atoms with Gasteiger partial charge in [0.1, 0.15) is 35.6 Å². The molecule has 0 radical (unpaired) electrons. The first-order chi connectivity index (χ1) is 36.5. The van der Waals surface area contributed by atoms with Gasteiger partial charge in [-0.3, -0.25) is 24.0 Å². The highest BCUT2D eigenvalue weighted by molar-refractivity contribution is 8.00. The monoisotopic (exact) mass is 1150 g/mol. The molecular weight excluding hydrogens is 1070 g/mol. The van der Waals surface area contributed by atoms with Gasteiger partial charge in [0.15, 0.2) is 0 Å². The minimum absolute atomic E-state index is 0.00315. The van der Waals surface area contributed by atoms with E-state index in [4.69, 9.17) is 18.9 Å². The van der Waals surface area contributed by atoms with Crippen LogP contribution in [0.4, 0.5) is 18.4 Å². The van der Waals surface area contributed by atoms with Gasteiger partial charge in [-0.1, -0.05) is 90.4 Å². The summed E-state index contributed by atoms with van der Waals surface area (Å²) < 4.78 is 52.0. The van der Waals surface area contributed by atoms with Gasteiger partial charge in [-0.2, -0.15) is 0 Å². The Morgan fingerprint density at radius 2 is 1.35 bits per heavy atom. The Kier molecular flexibility index (Phi) is 26.5. The van der Waals surface area contributed by atoms with Gasteiger partial charge >= 0.3 is 24.1 Å². The molecule has 0 aliphatic heterocycles. The van der Waals surface area contributed by atoms with Crippen LogP contribution >= 0.6 is 11.8 Å². The number of hydrogen-bond donors (Lipinski definition) is 6. The molecule has 0 aliphatic rings. The summed E-state index contributed by atoms with van der Waals surface area (Å²) in [5, 5.41) is 21.9. The standard InChI is InChI=1S/C53H79F2N7O13SSi2/c1-53(2,3)47(42-27-36(38-28-37(54)17-18-39(38)55)32-61(42)31-35-15-13-12-14-16-35)62(46(66)33-63)22-19-40(59-51(70)74-23-25-77(6,7)8)48(67)57-21-20-56-45(65)30-58-44(64)29-43(50(69)73-5)76-34-41(49(68)72-4)60-52(71)75-24-26-78(9,10)11/h12-18,27-28,32,40-41,43,47,63H,19-26,29-31,33-34H2,1-11H3,(H,56,65)(H,57,67)(H,58,64)(H,59,70)(H,60,71). The highest BCUT2D eigenvalue weighted by Gasteiger charge is 2.38. The van der Waals surface area contributed by atoms with Crippen molar-refractivity contribution in [1.29, 1.82) is 0 Å². The molecule has 1 aromatic heterocycles. The fourth-order valence-corrected chi connectivity index (χ4v) is 10.3. The third-order valence-electron chi connectivity index (χ3n) is 11.9. The van der Waals surface area contributed by atoms with Gasteiger partial charge in [-0.05, 0) is 53.8 Å². The second-order valence-corrected chi connectivity index (χ2v) is 34.4. The van der Waals surface area contributed by atoms with E-state index in [2.05, 4.69) is 65.9 Å². The summed E-state index contributed by atoms with van der Waals surface area (Å²) in [6.45, 7) is 16.9.